The van der Waals surface area contributed by atoms with Gasteiger partial charge in [0.05, 0.1) is 17.3 Å². The first kappa shape index (κ1) is 22.3. The second-order valence-electron chi connectivity index (χ2n) is 8.35. The van der Waals surface area contributed by atoms with E-state index in [2.05, 4.69) is 14.9 Å². The van der Waals surface area contributed by atoms with Gasteiger partial charge in [0.2, 0.25) is 5.95 Å². The molecule has 1 atom stereocenters. The van der Waals surface area contributed by atoms with Crippen molar-refractivity contribution in [1.29, 1.82) is 0 Å². The molecule has 0 radical (unpaired) electrons. The van der Waals surface area contributed by atoms with Crippen molar-refractivity contribution in [1.82, 2.24) is 14.9 Å². The normalized spacial score (nSPS) is 19.4. The quantitative estimate of drug-likeness (QED) is 0.648. The highest BCUT2D eigenvalue weighted by Gasteiger charge is 2.31. The van der Waals surface area contributed by atoms with Crippen molar-refractivity contribution >= 4 is 21.9 Å². The summed E-state index contributed by atoms with van der Waals surface area (Å²) in [5.74, 6) is 1.12. The van der Waals surface area contributed by atoms with Crippen LogP contribution in [0.25, 0.3) is 0 Å². The number of ether oxygens (including phenoxy) is 2. The van der Waals surface area contributed by atoms with E-state index in [-0.39, 0.29) is 29.7 Å². The highest BCUT2D eigenvalue weighted by molar-refractivity contribution is 7.90. The van der Waals surface area contributed by atoms with Crippen LogP contribution in [0.4, 0.5) is 10.7 Å². The van der Waals surface area contributed by atoms with Crippen LogP contribution in [-0.2, 0) is 21.2 Å². The molecule has 1 aromatic carbocycles. The zero-order chi connectivity index (χ0) is 22.7. The van der Waals surface area contributed by atoms with Crippen LogP contribution in [0.15, 0.2) is 41.6 Å². The van der Waals surface area contributed by atoms with Gasteiger partial charge in [0, 0.05) is 31.9 Å². The summed E-state index contributed by atoms with van der Waals surface area (Å²) in [7, 11) is -3.21. The van der Waals surface area contributed by atoms with E-state index in [1.165, 1.54) is 6.26 Å². The summed E-state index contributed by atoms with van der Waals surface area (Å²) < 4.78 is 34.3. The molecule has 32 heavy (non-hydrogen) atoms. The number of hydrogen-bond acceptors (Lipinski definition) is 8. The molecular formula is C22H28N4O5S. The van der Waals surface area contributed by atoms with Crippen molar-refractivity contribution in [2.75, 3.05) is 30.8 Å². The third-order valence-electron chi connectivity index (χ3n) is 5.83. The van der Waals surface area contributed by atoms with E-state index < -0.39 is 9.84 Å². The number of hydrogen-bond donors (Lipinski definition) is 0. The number of carbonyl (C=O) groups is 1. The summed E-state index contributed by atoms with van der Waals surface area (Å²) in [4.78, 5) is 25.3. The lowest BCUT2D eigenvalue weighted by Gasteiger charge is -2.40. The monoisotopic (exact) mass is 460 g/mol. The molecule has 10 heteroatoms. The SMILES string of the molecule is C[C@@H]1CN(C(=O)OC2CCC2)CCN1c1ncc(OCc2ccc(S(C)(=O)=O)cc2)cn1. The maximum Gasteiger partial charge on any atom is 0.410 e. The Morgan fingerprint density at radius 2 is 1.81 bits per heavy atom. The fraction of sp³-hybridized carbons (Fsp3) is 0.500. The van der Waals surface area contributed by atoms with E-state index >= 15 is 0 Å². The van der Waals surface area contributed by atoms with Crippen LogP contribution in [0.2, 0.25) is 0 Å². The van der Waals surface area contributed by atoms with E-state index in [4.69, 9.17) is 9.47 Å². The summed E-state index contributed by atoms with van der Waals surface area (Å²) in [6, 6.07) is 6.65. The molecule has 0 unspecified atom stereocenters. The third-order valence-corrected chi connectivity index (χ3v) is 6.96. The first-order chi connectivity index (χ1) is 15.3. The molecule has 2 aromatic rings. The molecule has 1 aromatic heterocycles. The van der Waals surface area contributed by atoms with E-state index in [1.54, 1.807) is 41.6 Å². The molecule has 172 valence electrons. The lowest BCUT2D eigenvalue weighted by Crippen LogP contribution is -2.54. The van der Waals surface area contributed by atoms with Crippen LogP contribution in [0.1, 0.15) is 31.7 Å². The van der Waals surface area contributed by atoms with Gasteiger partial charge in [0.25, 0.3) is 0 Å². The standard InChI is InChI=1S/C22H28N4O5S/c1-16-14-25(22(27)31-18-4-3-5-18)10-11-26(16)21-23-12-19(13-24-21)30-15-17-6-8-20(9-7-17)32(2,28)29/h6-9,12-13,16,18H,3-5,10-11,14-15H2,1-2H3/t16-/m1/s1. The maximum atomic E-state index is 12.3. The minimum atomic E-state index is -3.21. The van der Waals surface area contributed by atoms with Gasteiger partial charge in [-0.25, -0.2) is 23.2 Å². The summed E-state index contributed by atoms with van der Waals surface area (Å²) >= 11 is 0. The first-order valence-corrected chi connectivity index (χ1v) is 12.6. The Morgan fingerprint density at radius 3 is 2.38 bits per heavy atom. The average Bonchev–Trinajstić information content (AvgIpc) is 2.75. The van der Waals surface area contributed by atoms with Gasteiger partial charge < -0.3 is 19.3 Å². The molecule has 1 aliphatic heterocycles. The lowest BCUT2D eigenvalue weighted by molar-refractivity contribution is 0.0238. The van der Waals surface area contributed by atoms with Crippen LogP contribution < -0.4 is 9.64 Å². The smallest absolute Gasteiger partial charge is 0.410 e. The minimum absolute atomic E-state index is 0.0674. The fourth-order valence-electron chi connectivity index (χ4n) is 3.66. The largest absolute Gasteiger partial charge is 0.486 e. The second kappa shape index (κ2) is 9.32. The van der Waals surface area contributed by atoms with Gasteiger partial charge >= 0.3 is 6.09 Å². The predicted molar refractivity (Wildman–Crippen MR) is 118 cm³/mol. The van der Waals surface area contributed by atoms with Gasteiger partial charge in [-0.2, -0.15) is 0 Å². The summed E-state index contributed by atoms with van der Waals surface area (Å²) in [6.45, 7) is 4.09. The third kappa shape index (κ3) is 5.29. The number of sulfone groups is 1. The Balaban J connectivity index is 1.29. The number of benzene rings is 1. The zero-order valence-corrected chi connectivity index (χ0v) is 19.1. The Hall–Kier alpha value is -2.88. The van der Waals surface area contributed by atoms with E-state index in [0.29, 0.717) is 31.3 Å². The van der Waals surface area contributed by atoms with Gasteiger partial charge in [-0.3, -0.25) is 0 Å². The molecule has 9 nitrogen and oxygen atoms in total. The topological polar surface area (TPSA) is 102 Å². The van der Waals surface area contributed by atoms with E-state index in [9.17, 15) is 13.2 Å². The summed E-state index contributed by atoms with van der Waals surface area (Å²) in [6.07, 6.45) is 7.35. The summed E-state index contributed by atoms with van der Waals surface area (Å²) in [5, 5.41) is 0. The molecule has 1 saturated carbocycles. The Kier molecular flexibility index (Phi) is 6.50. The van der Waals surface area contributed by atoms with Crippen molar-refractivity contribution in [2.24, 2.45) is 0 Å². The van der Waals surface area contributed by atoms with Gasteiger partial charge in [-0.15, -0.1) is 0 Å². The number of aromatic nitrogens is 2. The van der Waals surface area contributed by atoms with Crippen LogP contribution >= 0.6 is 0 Å². The van der Waals surface area contributed by atoms with Gasteiger partial charge in [0.15, 0.2) is 15.6 Å². The molecule has 2 fully saturated rings. The molecule has 2 aliphatic rings. The van der Waals surface area contributed by atoms with Crippen molar-refractivity contribution in [2.45, 2.75) is 49.8 Å². The molecule has 2 heterocycles. The number of amides is 1. The zero-order valence-electron chi connectivity index (χ0n) is 18.3. The minimum Gasteiger partial charge on any atom is -0.486 e. The lowest BCUT2D eigenvalue weighted by atomic mass is 9.96. The Morgan fingerprint density at radius 1 is 1.12 bits per heavy atom. The maximum absolute atomic E-state index is 12.3. The van der Waals surface area contributed by atoms with Crippen LogP contribution in [0.3, 0.4) is 0 Å². The molecule has 0 spiro atoms. The highest BCUT2D eigenvalue weighted by Crippen LogP contribution is 2.24. The van der Waals surface area contributed by atoms with Crippen molar-refractivity contribution in [3.8, 4) is 5.75 Å². The molecule has 0 N–H and O–H groups in total. The number of nitrogens with zero attached hydrogens (tertiary/aromatic N) is 4. The fourth-order valence-corrected chi connectivity index (χ4v) is 4.29. The van der Waals surface area contributed by atoms with Crippen molar-refractivity contribution in [3.05, 3.63) is 42.2 Å². The molecule has 1 saturated heterocycles. The summed E-state index contributed by atoms with van der Waals surface area (Å²) in [5.41, 5.74) is 0.847. The average molecular weight is 461 g/mol. The molecule has 1 aliphatic carbocycles. The van der Waals surface area contributed by atoms with Crippen molar-refractivity contribution < 1.29 is 22.7 Å². The number of carbonyl (C=O) groups excluding carboxylic acids is 1. The molecule has 4 rings (SSSR count). The molecule has 1 amide bonds. The first-order valence-electron chi connectivity index (χ1n) is 10.8. The van der Waals surface area contributed by atoms with Crippen LogP contribution in [-0.4, -0.2) is 67.4 Å². The van der Waals surface area contributed by atoms with Gasteiger partial charge in [0.1, 0.15) is 12.7 Å². The van der Waals surface area contributed by atoms with E-state index in [1.807, 2.05) is 6.92 Å². The van der Waals surface area contributed by atoms with Crippen molar-refractivity contribution in [3.63, 3.8) is 0 Å². The predicted octanol–water partition coefficient (Wildman–Crippen LogP) is 2.66. The number of piperazine rings is 1. The molecule has 0 bridgehead atoms. The Bertz CT molecular complexity index is 1040. The highest BCUT2D eigenvalue weighted by atomic mass is 32.2. The van der Waals surface area contributed by atoms with Gasteiger partial charge in [-0.1, -0.05) is 12.1 Å². The second-order valence-corrected chi connectivity index (χ2v) is 10.4. The molecular weight excluding hydrogens is 432 g/mol. The van der Waals surface area contributed by atoms with Gasteiger partial charge in [-0.05, 0) is 43.9 Å². The Labute approximate surface area is 188 Å². The van der Waals surface area contributed by atoms with Crippen LogP contribution in [0.5, 0.6) is 5.75 Å². The van der Waals surface area contributed by atoms with E-state index in [0.717, 1.165) is 24.8 Å². The van der Waals surface area contributed by atoms with Crippen LogP contribution in [0, 0.1) is 0 Å². The number of rotatable bonds is 6. The number of anilines is 1.